The summed E-state index contributed by atoms with van der Waals surface area (Å²) in [5, 5.41) is 12.3. The molecule has 0 bridgehead atoms. The molecule has 0 aliphatic carbocycles. The van der Waals surface area contributed by atoms with Crippen molar-refractivity contribution in [1.29, 1.82) is 0 Å². The fraction of sp³-hybridized carbons (Fsp3) is 0.167. The molecule has 3 rings (SSSR count). The summed E-state index contributed by atoms with van der Waals surface area (Å²) in [6.45, 7) is 1.81. The number of anilines is 1. The van der Waals surface area contributed by atoms with Crippen molar-refractivity contribution in [3.05, 3.63) is 58.9 Å². The minimum atomic E-state index is -0.389. The summed E-state index contributed by atoms with van der Waals surface area (Å²) in [6.07, 6.45) is 0. The van der Waals surface area contributed by atoms with Crippen molar-refractivity contribution in [3.8, 4) is 11.4 Å². The second-order valence-corrected chi connectivity index (χ2v) is 7.05. The number of hydrogen-bond donors (Lipinski definition) is 1. The van der Waals surface area contributed by atoms with E-state index < -0.39 is 0 Å². The number of carbonyl (C=O) groups is 1. The normalized spacial score (nSPS) is 10.8. The van der Waals surface area contributed by atoms with Gasteiger partial charge in [0.25, 0.3) is 0 Å². The molecule has 26 heavy (non-hydrogen) atoms. The van der Waals surface area contributed by atoms with E-state index in [2.05, 4.69) is 15.5 Å². The van der Waals surface area contributed by atoms with Gasteiger partial charge in [0, 0.05) is 23.3 Å². The van der Waals surface area contributed by atoms with Crippen molar-refractivity contribution in [1.82, 2.24) is 14.8 Å². The molecule has 8 heteroatoms. The van der Waals surface area contributed by atoms with Crippen LogP contribution in [0.25, 0.3) is 11.4 Å². The van der Waals surface area contributed by atoms with Crippen LogP contribution in [0.2, 0.25) is 5.02 Å². The van der Waals surface area contributed by atoms with Crippen LogP contribution < -0.4 is 5.32 Å². The minimum Gasteiger partial charge on any atom is -0.325 e. The summed E-state index contributed by atoms with van der Waals surface area (Å²) in [6, 6.07) is 11.6. The Balaban J connectivity index is 1.65. The van der Waals surface area contributed by atoms with Crippen molar-refractivity contribution >= 4 is 35.0 Å². The second kappa shape index (κ2) is 7.88. The molecule has 0 unspecified atom stereocenters. The molecule has 0 fully saturated rings. The predicted octanol–water partition coefficient (Wildman–Crippen LogP) is 4.31. The van der Waals surface area contributed by atoms with Gasteiger partial charge in [0.1, 0.15) is 5.82 Å². The molecule has 134 valence electrons. The fourth-order valence-corrected chi connectivity index (χ4v) is 3.17. The van der Waals surface area contributed by atoms with Crippen LogP contribution in [0.1, 0.15) is 5.56 Å². The molecular formula is C18H16ClFN4OS. The van der Waals surface area contributed by atoms with Gasteiger partial charge in [-0.05, 0) is 48.9 Å². The Kier molecular flexibility index (Phi) is 5.58. The molecule has 0 saturated carbocycles. The van der Waals surface area contributed by atoms with E-state index in [4.69, 9.17) is 11.6 Å². The monoisotopic (exact) mass is 390 g/mol. The predicted molar refractivity (Wildman–Crippen MR) is 102 cm³/mol. The summed E-state index contributed by atoms with van der Waals surface area (Å²) >= 11 is 7.16. The Bertz CT molecular complexity index is 943. The molecule has 0 aliphatic heterocycles. The molecule has 0 aliphatic rings. The maximum atomic E-state index is 13.3. The highest BCUT2D eigenvalue weighted by molar-refractivity contribution is 7.99. The second-order valence-electron chi connectivity index (χ2n) is 5.67. The van der Waals surface area contributed by atoms with Crippen LogP contribution in [-0.2, 0) is 11.8 Å². The van der Waals surface area contributed by atoms with Crippen LogP contribution in [0.4, 0.5) is 10.1 Å². The first-order chi connectivity index (χ1) is 12.4. The summed E-state index contributed by atoms with van der Waals surface area (Å²) in [4.78, 5) is 12.1. The molecule has 1 heterocycles. The maximum absolute atomic E-state index is 13.3. The third kappa shape index (κ3) is 4.23. The van der Waals surface area contributed by atoms with Crippen LogP contribution in [0.3, 0.4) is 0 Å². The van der Waals surface area contributed by atoms with Crippen LogP contribution in [0, 0.1) is 12.7 Å². The SMILES string of the molecule is Cc1ccc(F)cc1NC(=O)CSc1nnc(-c2ccc(Cl)cc2)n1C. The Morgan fingerprint density at radius 2 is 1.96 bits per heavy atom. The van der Waals surface area contributed by atoms with Gasteiger partial charge in [-0.2, -0.15) is 0 Å². The third-order valence-electron chi connectivity index (χ3n) is 3.74. The summed E-state index contributed by atoms with van der Waals surface area (Å²) < 4.78 is 15.1. The largest absolute Gasteiger partial charge is 0.325 e. The summed E-state index contributed by atoms with van der Waals surface area (Å²) in [5.41, 5.74) is 2.15. The number of halogens is 2. The lowest BCUT2D eigenvalue weighted by molar-refractivity contribution is -0.113. The molecule has 1 N–H and O–H groups in total. The molecule has 0 atom stereocenters. The quantitative estimate of drug-likeness (QED) is 0.659. The third-order valence-corrected chi connectivity index (χ3v) is 5.02. The van der Waals surface area contributed by atoms with Crippen molar-refractivity contribution in [2.24, 2.45) is 7.05 Å². The van der Waals surface area contributed by atoms with Gasteiger partial charge in [0.2, 0.25) is 5.91 Å². The molecule has 0 radical (unpaired) electrons. The Hall–Kier alpha value is -2.38. The smallest absolute Gasteiger partial charge is 0.234 e. The van der Waals surface area contributed by atoms with Gasteiger partial charge in [-0.15, -0.1) is 10.2 Å². The van der Waals surface area contributed by atoms with Crippen molar-refractivity contribution in [2.75, 3.05) is 11.1 Å². The minimum absolute atomic E-state index is 0.141. The lowest BCUT2D eigenvalue weighted by Gasteiger charge is -2.08. The average molecular weight is 391 g/mol. The molecule has 0 saturated heterocycles. The lowest BCUT2D eigenvalue weighted by atomic mass is 10.2. The molecule has 5 nitrogen and oxygen atoms in total. The topological polar surface area (TPSA) is 59.8 Å². The van der Waals surface area contributed by atoms with Gasteiger partial charge in [0.05, 0.1) is 5.75 Å². The number of aromatic nitrogens is 3. The molecular weight excluding hydrogens is 375 g/mol. The van der Waals surface area contributed by atoms with Gasteiger partial charge in [-0.1, -0.05) is 29.4 Å². The van der Waals surface area contributed by atoms with Gasteiger partial charge in [-0.3, -0.25) is 4.79 Å². The van der Waals surface area contributed by atoms with Crippen molar-refractivity contribution in [3.63, 3.8) is 0 Å². The number of nitrogens with zero attached hydrogens (tertiary/aromatic N) is 3. The number of amides is 1. The number of nitrogens with one attached hydrogen (secondary N) is 1. The van der Waals surface area contributed by atoms with E-state index in [1.165, 1.54) is 23.9 Å². The lowest BCUT2D eigenvalue weighted by Crippen LogP contribution is -2.15. The zero-order valence-electron chi connectivity index (χ0n) is 14.2. The van der Waals surface area contributed by atoms with E-state index in [0.717, 1.165) is 11.1 Å². The van der Waals surface area contributed by atoms with Crippen molar-refractivity contribution < 1.29 is 9.18 Å². The van der Waals surface area contributed by atoms with Gasteiger partial charge < -0.3 is 9.88 Å². The van der Waals surface area contributed by atoms with E-state index in [9.17, 15) is 9.18 Å². The number of carbonyl (C=O) groups excluding carboxylic acids is 1. The molecule has 1 aromatic heterocycles. The maximum Gasteiger partial charge on any atom is 0.234 e. The van der Waals surface area contributed by atoms with Crippen LogP contribution in [-0.4, -0.2) is 26.4 Å². The highest BCUT2D eigenvalue weighted by Crippen LogP contribution is 2.24. The fourth-order valence-electron chi connectivity index (χ4n) is 2.34. The number of hydrogen-bond acceptors (Lipinski definition) is 4. The number of rotatable bonds is 5. The van der Waals surface area contributed by atoms with Crippen LogP contribution >= 0.6 is 23.4 Å². The Morgan fingerprint density at radius 1 is 1.23 bits per heavy atom. The van der Waals surface area contributed by atoms with E-state index in [1.807, 2.05) is 30.7 Å². The van der Waals surface area contributed by atoms with Crippen LogP contribution in [0.5, 0.6) is 0 Å². The van der Waals surface area contributed by atoms with Gasteiger partial charge >= 0.3 is 0 Å². The zero-order chi connectivity index (χ0) is 18.7. The van der Waals surface area contributed by atoms with Gasteiger partial charge in [-0.25, -0.2) is 4.39 Å². The van der Waals surface area contributed by atoms with Crippen LogP contribution in [0.15, 0.2) is 47.6 Å². The Morgan fingerprint density at radius 3 is 2.69 bits per heavy atom. The van der Waals surface area contributed by atoms with E-state index in [0.29, 0.717) is 21.7 Å². The highest BCUT2D eigenvalue weighted by Gasteiger charge is 2.13. The molecule has 3 aromatic rings. The zero-order valence-corrected chi connectivity index (χ0v) is 15.7. The van der Waals surface area contributed by atoms with Crippen molar-refractivity contribution in [2.45, 2.75) is 12.1 Å². The number of benzene rings is 2. The summed E-state index contributed by atoms with van der Waals surface area (Å²) in [7, 11) is 1.83. The molecule has 1 amide bonds. The first-order valence-electron chi connectivity index (χ1n) is 7.78. The van der Waals surface area contributed by atoms with E-state index in [-0.39, 0.29) is 17.5 Å². The summed E-state index contributed by atoms with van der Waals surface area (Å²) in [5.74, 6) is 0.201. The first kappa shape index (κ1) is 18.4. The van der Waals surface area contributed by atoms with E-state index >= 15 is 0 Å². The standard InChI is InChI=1S/C18H16ClFN4OS/c1-11-3-8-14(20)9-15(11)21-16(25)10-26-18-23-22-17(24(18)2)12-4-6-13(19)7-5-12/h3-9H,10H2,1-2H3,(H,21,25). The van der Waals surface area contributed by atoms with E-state index in [1.54, 1.807) is 18.2 Å². The van der Waals surface area contributed by atoms with Gasteiger partial charge in [0.15, 0.2) is 11.0 Å². The molecule has 2 aromatic carbocycles. The highest BCUT2D eigenvalue weighted by atomic mass is 35.5. The average Bonchev–Trinajstić information content (AvgIpc) is 2.98. The number of aryl methyl sites for hydroxylation is 1. The molecule has 0 spiro atoms. The number of thioether (sulfide) groups is 1. The Labute approximate surface area is 159 Å². The first-order valence-corrected chi connectivity index (χ1v) is 9.14.